The SMILES string of the molecule is CCCC[C@@H](CC)C[Si]1(C[C@@H](CC)CCCC)c2cc(-c3cnc(-c4cc5ccccc5o4)c4nsnc34)sc2-c2sc(-c3cnc(-c4cc5ccccc5o4)c4nsnc34)cc21. The highest BCUT2D eigenvalue weighted by atomic mass is 32.1. The lowest BCUT2D eigenvalue weighted by atomic mass is 10.0. The molecule has 13 heteroatoms. The van der Waals surface area contributed by atoms with Crippen molar-refractivity contribution in [1.29, 1.82) is 0 Å². The smallest absolute Gasteiger partial charge is 0.156 e. The first-order valence-electron chi connectivity index (χ1n) is 22.5. The van der Waals surface area contributed by atoms with Gasteiger partial charge in [-0.1, -0.05) is 115 Å². The zero-order valence-corrected chi connectivity index (χ0v) is 40.2. The van der Waals surface area contributed by atoms with Crippen molar-refractivity contribution in [1.82, 2.24) is 27.5 Å². The summed E-state index contributed by atoms with van der Waals surface area (Å²) in [5.41, 5.74) is 8.64. The van der Waals surface area contributed by atoms with E-state index in [0.717, 1.165) is 78.0 Å². The van der Waals surface area contributed by atoms with Gasteiger partial charge >= 0.3 is 0 Å². The molecule has 0 saturated heterocycles. The van der Waals surface area contributed by atoms with Crippen LogP contribution in [-0.4, -0.2) is 35.5 Å². The van der Waals surface area contributed by atoms with E-state index in [0.29, 0.717) is 11.8 Å². The first-order valence-corrected chi connectivity index (χ1v) is 28.0. The molecule has 0 fully saturated rings. The maximum Gasteiger partial charge on any atom is 0.156 e. The Bertz CT molecular complexity index is 2980. The molecule has 0 saturated carbocycles. The van der Waals surface area contributed by atoms with Gasteiger partial charge in [0.2, 0.25) is 0 Å². The van der Waals surface area contributed by atoms with Crippen LogP contribution < -0.4 is 10.4 Å². The van der Waals surface area contributed by atoms with Crippen LogP contribution in [0.15, 0.2) is 94.0 Å². The number of fused-ring (bicyclic) bond motifs is 7. The van der Waals surface area contributed by atoms with Crippen LogP contribution in [0.2, 0.25) is 12.1 Å². The Morgan fingerprint density at radius 3 is 1.43 bits per heavy atom. The molecule has 2 aromatic carbocycles. The zero-order valence-electron chi connectivity index (χ0n) is 35.9. The van der Waals surface area contributed by atoms with E-state index in [1.165, 1.54) is 106 Å². The minimum absolute atomic E-state index is 0.671. The quantitative estimate of drug-likeness (QED) is 0.0883. The Balaban J connectivity index is 1.08. The van der Waals surface area contributed by atoms with E-state index in [9.17, 15) is 0 Å². The molecule has 9 heterocycles. The van der Waals surface area contributed by atoms with Crippen molar-refractivity contribution in [2.24, 2.45) is 11.8 Å². The summed E-state index contributed by atoms with van der Waals surface area (Å²) in [5.74, 6) is 2.78. The van der Waals surface area contributed by atoms with Gasteiger partial charge in [-0.15, -0.1) is 22.7 Å². The molecule has 63 heavy (non-hydrogen) atoms. The van der Waals surface area contributed by atoms with E-state index >= 15 is 0 Å². The number of nitrogens with zero attached hydrogens (tertiary/aromatic N) is 6. The summed E-state index contributed by atoms with van der Waals surface area (Å²) in [6, 6.07) is 28.0. The zero-order chi connectivity index (χ0) is 42.7. The number of pyridine rings is 2. The average molecular weight is 921 g/mol. The summed E-state index contributed by atoms with van der Waals surface area (Å²) in [4.78, 5) is 15.5. The molecule has 0 spiro atoms. The highest BCUT2D eigenvalue weighted by molar-refractivity contribution is 7.31. The van der Waals surface area contributed by atoms with E-state index in [2.05, 4.69) is 64.1 Å². The molecule has 1 aliphatic heterocycles. The van der Waals surface area contributed by atoms with Crippen LogP contribution in [0.5, 0.6) is 0 Å². The second-order valence-electron chi connectivity index (χ2n) is 17.3. The van der Waals surface area contributed by atoms with Crippen molar-refractivity contribution in [2.45, 2.75) is 91.1 Å². The summed E-state index contributed by atoms with van der Waals surface area (Å²) in [6.07, 6.45) is 14.0. The van der Waals surface area contributed by atoms with Gasteiger partial charge < -0.3 is 8.83 Å². The Morgan fingerprint density at radius 1 is 0.556 bits per heavy atom. The molecule has 0 N–H and O–H groups in total. The molecule has 0 aliphatic carbocycles. The van der Waals surface area contributed by atoms with Crippen LogP contribution in [0, 0.1) is 11.8 Å². The van der Waals surface area contributed by atoms with Crippen LogP contribution in [0.25, 0.3) is 97.5 Å². The highest BCUT2D eigenvalue weighted by Crippen LogP contribution is 2.50. The second-order valence-corrected chi connectivity index (χ2v) is 24.5. The summed E-state index contributed by atoms with van der Waals surface area (Å²) in [5, 5.41) is 5.35. The fraction of sp³-hybridized carbons (Fsp3) is 0.320. The van der Waals surface area contributed by atoms with Crippen LogP contribution in [0.4, 0.5) is 0 Å². The van der Waals surface area contributed by atoms with Gasteiger partial charge in [-0.25, -0.2) is 9.97 Å². The number of furan rings is 2. The van der Waals surface area contributed by atoms with Crippen molar-refractivity contribution in [3.8, 4) is 53.5 Å². The van der Waals surface area contributed by atoms with Crippen molar-refractivity contribution in [3.63, 3.8) is 0 Å². The fourth-order valence-corrected chi connectivity index (χ4v) is 21.7. The molecular formula is C50H48N6O2S4Si. The van der Waals surface area contributed by atoms with E-state index in [1.807, 2.05) is 71.5 Å². The topological polar surface area (TPSA) is 104 Å². The number of aromatic nitrogens is 6. The number of rotatable bonds is 16. The van der Waals surface area contributed by atoms with Crippen molar-refractivity contribution >= 4 is 109 Å². The van der Waals surface area contributed by atoms with Crippen LogP contribution >= 0.6 is 46.1 Å². The predicted octanol–water partition coefficient (Wildman–Crippen LogP) is 14.7. The summed E-state index contributed by atoms with van der Waals surface area (Å²) < 4.78 is 32.2. The van der Waals surface area contributed by atoms with E-state index in [4.69, 9.17) is 36.3 Å². The molecule has 8 nitrogen and oxygen atoms in total. The van der Waals surface area contributed by atoms with Crippen LogP contribution in [0.3, 0.4) is 0 Å². The largest absolute Gasteiger partial charge is 0.454 e. The third kappa shape index (κ3) is 7.02. The third-order valence-corrected chi connectivity index (χ3v) is 22.8. The standard InChI is InChI=1S/C50H48N6O2S4Si/c1-5-9-15-29(7-3)27-63(28-30(8-4)16-10-6-2)41-23-39(33-25-51-45(47-43(33)53-61-55-47)37-21-31-17-11-13-19-35(31)57-37)59-49(41)50-42(63)24-40(60-50)34-26-52-46(48-44(34)54-62-56-48)38-22-32-18-12-14-20-36(32)58-38/h11-14,17-26,29-30H,5-10,15-16,27-28H2,1-4H3/t29-,30+. The van der Waals surface area contributed by atoms with E-state index in [1.54, 1.807) is 10.4 Å². The molecule has 0 radical (unpaired) electrons. The lowest BCUT2D eigenvalue weighted by molar-refractivity contribution is 0.469. The molecule has 318 valence electrons. The molecule has 10 aromatic rings. The second kappa shape index (κ2) is 16.9. The van der Waals surface area contributed by atoms with Gasteiger partial charge in [0, 0.05) is 53.8 Å². The first-order chi connectivity index (χ1) is 31.0. The van der Waals surface area contributed by atoms with Crippen molar-refractivity contribution in [2.75, 3.05) is 0 Å². The van der Waals surface area contributed by atoms with Gasteiger partial charge in [0.25, 0.3) is 0 Å². The Hall–Kier alpha value is -4.92. The van der Waals surface area contributed by atoms with Crippen molar-refractivity contribution < 1.29 is 8.83 Å². The Labute approximate surface area is 384 Å². The van der Waals surface area contributed by atoms with Gasteiger partial charge in [-0.3, -0.25) is 0 Å². The monoisotopic (exact) mass is 920 g/mol. The number of thiophene rings is 2. The summed E-state index contributed by atoms with van der Waals surface area (Å²) >= 11 is 6.36. The van der Waals surface area contributed by atoms with E-state index < -0.39 is 8.07 Å². The predicted molar refractivity (Wildman–Crippen MR) is 268 cm³/mol. The molecule has 11 rings (SSSR count). The number of benzene rings is 2. The molecule has 1 aliphatic rings. The van der Waals surface area contributed by atoms with Crippen LogP contribution in [0.1, 0.15) is 79.1 Å². The van der Waals surface area contributed by atoms with E-state index in [-0.39, 0.29) is 0 Å². The molecular weight excluding hydrogens is 873 g/mol. The first kappa shape index (κ1) is 40.8. The number of hydrogen-bond donors (Lipinski definition) is 0. The Kier molecular flexibility index (Phi) is 10.9. The van der Waals surface area contributed by atoms with Gasteiger partial charge in [0.05, 0.1) is 23.5 Å². The maximum atomic E-state index is 6.31. The van der Waals surface area contributed by atoms with Crippen LogP contribution in [-0.2, 0) is 0 Å². The molecule has 0 bridgehead atoms. The summed E-state index contributed by atoms with van der Waals surface area (Å²) in [6.45, 7) is 9.52. The van der Waals surface area contributed by atoms with Gasteiger partial charge in [0.1, 0.15) is 52.7 Å². The van der Waals surface area contributed by atoms with Gasteiger partial charge in [-0.05, 0) is 70.7 Å². The minimum Gasteiger partial charge on any atom is -0.454 e. The maximum absolute atomic E-state index is 6.31. The van der Waals surface area contributed by atoms with Gasteiger partial charge in [0.15, 0.2) is 11.5 Å². The normalized spacial score (nSPS) is 14.3. The fourth-order valence-electron chi connectivity index (χ4n) is 10.1. The molecule has 2 atom stereocenters. The average Bonchev–Trinajstić information content (AvgIpc) is 4.17. The molecule has 0 unspecified atom stereocenters. The molecule has 0 amide bonds. The number of para-hydroxylation sites is 2. The van der Waals surface area contributed by atoms with Gasteiger partial charge in [-0.2, -0.15) is 17.5 Å². The minimum atomic E-state index is -2.35. The number of hydrogen-bond acceptors (Lipinski definition) is 12. The number of unbranched alkanes of at least 4 members (excludes halogenated alkanes) is 2. The molecule has 8 aromatic heterocycles. The Morgan fingerprint density at radius 2 is 1.00 bits per heavy atom. The lowest BCUT2D eigenvalue weighted by Gasteiger charge is -2.35. The lowest BCUT2D eigenvalue weighted by Crippen LogP contribution is -2.56. The van der Waals surface area contributed by atoms with Crippen molar-refractivity contribution in [3.05, 3.63) is 85.2 Å². The summed E-state index contributed by atoms with van der Waals surface area (Å²) in [7, 11) is -2.35. The third-order valence-electron chi connectivity index (χ3n) is 13.5. The highest BCUT2D eigenvalue weighted by Gasteiger charge is 2.50.